The predicted octanol–water partition coefficient (Wildman–Crippen LogP) is 1.65. The van der Waals surface area contributed by atoms with Gasteiger partial charge in [-0.15, -0.1) is 0 Å². The molecule has 1 saturated carbocycles. The van der Waals surface area contributed by atoms with Crippen LogP contribution in [0, 0.1) is 0 Å². The summed E-state index contributed by atoms with van der Waals surface area (Å²) in [7, 11) is 1.58. The average Bonchev–Trinajstić information content (AvgIpc) is 3.22. The Labute approximate surface area is 148 Å². The predicted molar refractivity (Wildman–Crippen MR) is 89.0 cm³/mol. The van der Waals surface area contributed by atoms with Gasteiger partial charge in [-0.1, -0.05) is 0 Å². The van der Waals surface area contributed by atoms with Crippen LogP contribution in [0.2, 0.25) is 0 Å². The molecule has 1 amide bonds. The lowest BCUT2D eigenvalue weighted by molar-refractivity contribution is -0.678. The van der Waals surface area contributed by atoms with E-state index in [1.54, 1.807) is 48.4 Å². The zero-order valence-electron chi connectivity index (χ0n) is 14.2. The van der Waals surface area contributed by atoms with Crippen molar-refractivity contribution < 1.29 is 23.2 Å². The summed E-state index contributed by atoms with van der Waals surface area (Å²) in [6.45, 7) is 0.127. The summed E-state index contributed by atoms with van der Waals surface area (Å²) in [5, 5.41) is 2.59. The molecule has 0 spiro atoms. The Kier molecular flexibility index (Phi) is 4.08. The molecule has 4 rings (SSSR count). The molecular formula is C18H18N3O5+. The minimum atomic E-state index is -0.515. The Morgan fingerprint density at radius 3 is 2.69 bits per heavy atom. The molecule has 0 bridgehead atoms. The molecule has 0 radical (unpaired) electrons. The average molecular weight is 356 g/mol. The summed E-state index contributed by atoms with van der Waals surface area (Å²) < 4.78 is 16.9. The number of methoxy groups -OCH3 is 1. The van der Waals surface area contributed by atoms with Crippen LogP contribution in [-0.2, 0) is 6.54 Å². The van der Waals surface area contributed by atoms with E-state index in [0.717, 1.165) is 12.8 Å². The van der Waals surface area contributed by atoms with Crippen LogP contribution in [0.25, 0.3) is 5.69 Å². The number of aromatic amines is 1. The molecule has 1 fully saturated rings. The van der Waals surface area contributed by atoms with Crippen LogP contribution >= 0.6 is 0 Å². The number of hydrogen-bond acceptors (Lipinski definition) is 5. The second-order valence-corrected chi connectivity index (χ2v) is 6.10. The van der Waals surface area contributed by atoms with Gasteiger partial charge in [0.15, 0.2) is 5.76 Å². The minimum absolute atomic E-state index is 0.103. The van der Waals surface area contributed by atoms with Crippen molar-refractivity contribution >= 4 is 5.91 Å². The maximum Gasteiger partial charge on any atom is 0.432 e. The second-order valence-electron chi connectivity index (χ2n) is 6.10. The zero-order chi connectivity index (χ0) is 18.1. The SMILES string of the molecule is COc1ccc(-[n+]2[nH]oc(=O)c2CN(C(=O)c2ccco2)C2CC2)cc1. The number of nitrogens with one attached hydrogen (secondary N) is 1. The first-order chi connectivity index (χ1) is 12.7. The first-order valence-electron chi connectivity index (χ1n) is 8.28. The summed E-state index contributed by atoms with van der Waals surface area (Å²) in [6.07, 6.45) is 3.27. The molecule has 1 aromatic carbocycles. The summed E-state index contributed by atoms with van der Waals surface area (Å²) >= 11 is 0. The largest absolute Gasteiger partial charge is 0.497 e. The van der Waals surface area contributed by atoms with Crippen LogP contribution in [0.15, 0.2) is 56.4 Å². The van der Waals surface area contributed by atoms with Gasteiger partial charge >= 0.3 is 11.3 Å². The highest BCUT2D eigenvalue weighted by atomic mass is 16.5. The fourth-order valence-corrected chi connectivity index (χ4v) is 2.82. The van der Waals surface area contributed by atoms with Crippen LogP contribution in [0.5, 0.6) is 5.75 Å². The molecule has 2 heterocycles. The standard InChI is InChI=1S/C18H17N3O5/c1-24-14-8-6-13(7-9-14)21-15(18(23)26-19-21)11-20(12-4-5-12)17(22)16-3-2-10-25-16/h2-3,6-10,12H,4-5,11H2,1H3/p+1. The van der Waals surface area contributed by atoms with Gasteiger partial charge in [-0.25, -0.2) is 4.79 Å². The van der Waals surface area contributed by atoms with E-state index in [4.69, 9.17) is 13.7 Å². The second kappa shape index (κ2) is 6.55. The first-order valence-corrected chi connectivity index (χ1v) is 8.28. The van der Waals surface area contributed by atoms with E-state index in [1.165, 1.54) is 10.9 Å². The third kappa shape index (κ3) is 3.01. The Balaban J connectivity index is 1.65. The molecule has 0 aliphatic heterocycles. The van der Waals surface area contributed by atoms with Crippen molar-refractivity contribution in [3.8, 4) is 11.4 Å². The lowest BCUT2D eigenvalue weighted by atomic mass is 10.2. The molecule has 3 aromatic rings. The van der Waals surface area contributed by atoms with Crippen molar-refractivity contribution in [3.05, 3.63) is 64.5 Å². The quantitative estimate of drug-likeness (QED) is 0.678. The van der Waals surface area contributed by atoms with Crippen molar-refractivity contribution in [3.63, 3.8) is 0 Å². The fraction of sp³-hybridized carbons (Fsp3) is 0.278. The number of ether oxygens (including phenoxy) is 1. The molecule has 0 atom stereocenters. The number of aromatic nitrogens is 2. The van der Waals surface area contributed by atoms with Gasteiger partial charge in [0.1, 0.15) is 12.3 Å². The Hall–Kier alpha value is -3.29. The topological polar surface area (TPSA) is 92.6 Å². The lowest BCUT2D eigenvalue weighted by Crippen LogP contribution is -2.43. The number of benzene rings is 1. The third-order valence-electron chi connectivity index (χ3n) is 4.37. The van der Waals surface area contributed by atoms with Crippen molar-refractivity contribution in [1.29, 1.82) is 0 Å². The van der Waals surface area contributed by atoms with E-state index < -0.39 is 5.63 Å². The van der Waals surface area contributed by atoms with Crippen molar-refractivity contribution in [2.45, 2.75) is 25.4 Å². The highest BCUT2D eigenvalue weighted by Crippen LogP contribution is 2.29. The molecule has 1 aliphatic rings. The Morgan fingerprint density at radius 1 is 1.31 bits per heavy atom. The molecular weight excluding hydrogens is 338 g/mol. The first kappa shape index (κ1) is 16.2. The summed E-state index contributed by atoms with van der Waals surface area (Å²) in [4.78, 5) is 26.6. The van der Waals surface area contributed by atoms with E-state index in [2.05, 4.69) is 5.27 Å². The maximum atomic E-state index is 12.7. The molecule has 1 aliphatic carbocycles. The lowest BCUT2D eigenvalue weighted by Gasteiger charge is -2.18. The van der Waals surface area contributed by atoms with E-state index >= 15 is 0 Å². The molecule has 2 aromatic heterocycles. The molecule has 26 heavy (non-hydrogen) atoms. The third-order valence-corrected chi connectivity index (χ3v) is 4.37. The monoisotopic (exact) mass is 356 g/mol. The number of H-pyrrole nitrogens is 1. The summed E-state index contributed by atoms with van der Waals surface area (Å²) in [6, 6.07) is 10.5. The molecule has 134 valence electrons. The van der Waals surface area contributed by atoms with Gasteiger partial charge in [-0.05, 0) is 47.1 Å². The van der Waals surface area contributed by atoms with E-state index in [-0.39, 0.29) is 24.3 Å². The fourth-order valence-electron chi connectivity index (χ4n) is 2.82. The van der Waals surface area contributed by atoms with Crippen molar-refractivity contribution in [2.75, 3.05) is 7.11 Å². The van der Waals surface area contributed by atoms with Crippen LogP contribution in [-0.4, -0.2) is 29.2 Å². The van der Waals surface area contributed by atoms with Gasteiger partial charge < -0.3 is 14.1 Å². The van der Waals surface area contributed by atoms with Crippen molar-refractivity contribution in [2.24, 2.45) is 0 Å². The van der Waals surface area contributed by atoms with Gasteiger partial charge in [0.25, 0.3) is 5.91 Å². The molecule has 1 N–H and O–H groups in total. The maximum absolute atomic E-state index is 12.7. The Morgan fingerprint density at radius 2 is 2.08 bits per heavy atom. The number of carbonyl (C=O) groups excluding carboxylic acids is 1. The van der Waals surface area contributed by atoms with Crippen LogP contribution < -0.4 is 15.0 Å². The number of rotatable bonds is 6. The van der Waals surface area contributed by atoms with Crippen molar-refractivity contribution in [1.82, 2.24) is 10.2 Å². The molecule has 0 unspecified atom stereocenters. The normalized spacial score (nSPS) is 13.6. The highest BCUT2D eigenvalue weighted by molar-refractivity contribution is 5.91. The van der Waals surface area contributed by atoms with Crippen LogP contribution in [0.4, 0.5) is 0 Å². The van der Waals surface area contributed by atoms with Crippen LogP contribution in [0.3, 0.4) is 0 Å². The Bertz CT molecular complexity index is 952. The van der Waals surface area contributed by atoms with Gasteiger partial charge in [0.2, 0.25) is 5.69 Å². The van der Waals surface area contributed by atoms with Gasteiger partial charge in [0, 0.05) is 18.2 Å². The zero-order valence-corrected chi connectivity index (χ0v) is 14.2. The van der Waals surface area contributed by atoms with E-state index in [1.807, 2.05) is 0 Å². The van der Waals surface area contributed by atoms with Crippen LogP contribution in [0.1, 0.15) is 29.1 Å². The minimum Gasteiger partial charge on any atom is -0.497 e. The van der Waals surface area contributed by atoms with E-state index in [0.29, 0.717) is 17.1 Å². The number of carbonyl (C=O) groups is 1. The smallest absolute Gasteiger partial charge is 0.432 e. The number of amides is 1. The number of furan rings is 1. The van der Waals surface area contributed by atoms with Gasteiger partial charge in [0.05, 0.1) is 13.4 Å². The molecule has 0 saturated heterocycles. The van der Waals surface area contributed by atoms with Gasteiger partial charge in [-0.2, -0.15) is 0 Å². The number of nitrogens with zero attached hydrogens (tertiary/aromatic N) is 2. The van der Waals surface area contributed by atoms with E-state index in [9.17, 15) is 9.59 Å². The molecule has 8 heteroatoms. The highest BCUT2D eigenvalue weighted by Gasteiger charge is 2.38. The summed E-state index contributed by atoms with van der Waals surface area (Å²) in [5.74, 6) is 0.724. The number of hydrogen-bond donors (Lipinski definition) is 1. The summed E-state index contributed by atoms with van der Waals surface area (Å²) in [5.41, 5.74) is 0.522. The van der Waals surface area contributed by atoms with Gasteiger partial charge in [-0.3, -0.25) is 9.32 Å². The molecule has 8 nitrogen and oxygen atoms in total.